The first-order valence-corrected chi connectivity index (χ1v) is 7.55. The van der Waals surface area contributed by atoms with Crippen LogP contribution in [0.4, 0.5) is 4.79 Å². The smallest absolute Gasteiger partial charge is 0.337 e. The molecular weight excluding hydrogens is 256 g/mol. The predicted octanol–water partition coefficient (Wildman–Crippen LogP) is 2.87. The fraction of sp³-hybridized carbons (Fsp3) is 0.733. The van der Waals surface area contributed by atoms with Crippen LogP contribution in [-0.2, 0) is 9.53 Å². The van der Waals surface area contributed by atoms with Crippen molar-refractivity contribution in [2.24, 2.45) is 0 Å². The highest BCUT2D eigenvalue weighted by molar-refractivity contribution is 5.94. The number of hydrogen-bond acceptors (Lipinski definition) is 3. The van der Waals surface area contributed by atoms with Crippen LogP contribution < -0.4 is 10.6 Å². The molecule has 0 aromatic carbocycles. The molecule has 1 rings (SSSR count). The van der Waals surface area contributed by atoms with Gasteiger partial charge in [-0.15, -0.1) is 0 Å². The van der Waals surface area contributed by atoms with Gasteiger partial charge in [0, 0.05) is 5.70 Å². The van der Waals surface area contributed by atoms with Gasteiger partial charge in [-0.2, -0.15) is 0 Å². The van der Waals surface area contributed by atoms with Crippen molar-refractivity contribution < 1.29 is 14.3 Å². The fourth-order valence-electron chi connectivity index (χ4n) is 2.44. The Hall–Kier alpha value is -1.52. The van der Waals surface area contributed by atoms with Gasteiger partial charge in [0.2, 0.25) is 0 Å². The second-order valence-corrected chi connectivity index (χ2v) is 5.11. The topological polar surface area (TPSA) is 67.4 Å². The third-order valence-electron chi connectivity index (χ3n) is 3.45. The maximum absolute atomic E-state index is 12.0. The lowest BCUT2D eigenvalue weighted by Crippen LogP contribution is -2.49. The molecule has 0 aromatic rings. The zero-order valence-corrected chi connectivity index (χ0v) is 12.8. The molecule has 0 spiro atoms. The lowest BCUT2D eigenvalue weighted by molar-refractivity contribution is -0.139. The Balaban J connectivity index is 2.62. The molecule has 1 atom stereocenters. The van der Waals surface area contributed by atoms with Crippen LogP contribution >= 0.6 is 0 Å². The van der Waals surface area contributed by atoms with E-state index in [1.54, 1.807) is 13.8 Å². The van der Waals surface area contributed by atoms with E-state index in [9.17, 15) is 9.59 Å². The van der Waals surface area contributed by atoms with Gasteiger partial charge in [0.15, 0.2) is 0 Å². The van der Waals surface area contributed by atoms with E-state index in [2.05, 4.69) is 17.6 Å². The van der Waals surface area contributed by atoms with Gasteiger partial charge in [0.1, 0.15) is 0 Å². The van der Waals surface area contributed by atoms with Gasteiger partial charge < -0.3 is 15.4 Å². The summed E-state index contributed by atoms with van der Waals surface area (Å²) in [5.74, 6) is -0.337. The highest BCUT2D eigenvalue weighted by Gasteiger charge is 2.30. The van der Waals surface area contributed by atoms with E-state index in [1.807, 2.05) is 0 Å². The Morgan fingerprint density at radius 2 is 1.90 bits per heavy atom. The van der Waals surface area contributed by atoms with Crippen LogP contribution in [0.3, 0.4) is 0 Å². The molecule has 0 saturated heterocycles. The van der Waals surface area contributed by atoms with E-state index < -0.39 is 0 Å². The molecule has 1 aliphatic rings. The van der Waals surface area contributed by atoms with Crippen LogP contribution in [0.2, 0.25) is 0 Å². The Morgan fingerprint density at radius 3 is 2.55 bits per heavy atom. The molecule has 114 valence electrons. The number of esters is 1. The zero-order valence-electron chi connectivity index (χ0n) is 12.8. The molecule has 2 amide bonds. The molecule has 1 aliphatic heterocycles. The van der Waals surface area contributed by atoms with Crippen molar-refractivity contribution in [3.05, 3.63) is 11.3 Å². The largest absolute Gasteiger partial charge is 0.463 e. The van der Waals surface area contributed by atoms with Crippen molar-refractivity contribution >= 4 is 12.0 Å². The minimum absolute atomic E-state index is 0.232. The van der Waals surface area contributed by atoms with E-state index in [0.717, 1.165) is 19.3 Å². The number of rotatable bonds is 8. The van der Waals surface area contributed by atoms with E-state index in [-0.39, 0.29) is 18.0 Å². The monoisotopic (exact) mass is 282 g/mol. The summed E-state index contributed by atoms with van der Waals surface area (Å²) in [4.78, 5) is 23.5. The first-order valence-electron chi connectivity index (χ1n) is 7.55. The van der Waals surface area contributed by atoms with Crippen molar-refractivity contribution in [2.45, 2.75) is 65.3 Å². The Bertz CT molecular complexity index is 377. The third kappa shape index (κ3) is 4.87. The highest BCUT2D eigenvalue weighted by atomic mass is 16.5. The van der Waals surface area contributed by atoms with Crippen LogP contribution in [0.15, 0.2) is 11.3 Å². The number of nitrogens with one attached hydrogen (secondary N) is 2. The van der Waals surface area contributed by atoms with Crippen molar-refractivity contribution in [3.63, 3.8) is 0 Å². The summed E-state index contributed by atoms with van der Waals surface area (Å²) in [5, 5.41) is 5.46. The fourth-order valence-corrected chi connectivity index (χ4v) is 2.44. The molecule has 0 radical (unpaired) electrons. The van der Waals surface area contributed by atoms with Crippen molar-refractivity contribution in [1.82, 2.24) is 10.6 Å². The summed E-state index contributed by atoms with van der Waals surface area (Å²) in [6.07, 6.45) is 6.55. The van der Waals surface area contributed by atoms with Crippen LogP contribution in [0.1, 0.15) is 59.3 Å². The second-order valence-electron chi connectivity index (χ2n) is 5.11. The highest BCUT2D eigenvalue weighted by Crippen LogP contribution is 2.19. The van der Waals surface area contributed by atoms with Crippen molar-refractivity contribution in [2.75, 3.05) is 6.61 Å². The maximum atomic E-state index is 12.0. The summed E-state index contributed by atoms with van der Waals surface area (Å²) in [5.41, 5.74) is 1.16. The average Bonchev–Trinajstić information content (AvgIpc) is 2.38. The van der Waals surface area contributed by atoms with E-state index >= 15 is 0 Å². The van der Waals surface area contributed by atoms with Gasteiger partial charge in [-0.1, -0.05) is 39.0 Å². The summed E-state index contributed by atoms with van der Waals surface area (Å²) in [6.45, 7) is 6.04. The standard InChI is InChI=1S/C15H26N2O3/c1-4-6-7-8-9-10-12-13(14(18)20-5-2)11(3)16-15(19)17-12/h12H,4-10H2,1-3H3,(H2,16,17,19). The van der Waals surface area contributed by atoms with Gasteiger partial charge in [0.25, 0.3) is 0 Å². The number of carbonyl (C=O) groups is 2. The molecule has 1 heterocycles. The molecule has 0 aliphatic carbocycles. The summed E-state index contributed by atoms with van der Waals surface area (Å²) in [6, 6.07) is -0.474. The molecule has 0 aromatic heterocycles. The first kappa shape index (κ1) is 16.5. The number of amides is 2. The summed E-state index contributed by atoms with van der Waals surface area (Å²) < 4.78 is 5.07. The number of urea groups is 1. The third-order valence-corrected chi connectivity index (χ3v) is 3.45. The number of ether oxygens (including phenoxy) is 1. The number of allylic oxidation sites excluding steroid dienone is 1. The maximum Gasteiger partial charge on any atom is 0.337 e. The molecular formula is C15H26N2O3. The Kier molecular flexibility index (Phi) is 7.12. The molecule has 2 N–H and O–H groups in total. The minimum Gasteiger partial charge on any atom is -0.463 e. The van der Waals surface area contributed by atoms with E-state index in [4.69, 9.17) is 4.74 Å². The normalized spacial score (nSPS) is 18.6. The molecule has 20 heavy (non-hydrogen) atoms. The SMILES string of the molecule is CCCCCCCC1NC(=O)NC(C)=C1C(=O)OCC. The lowest BCUT2D eigenvalue weighted by atomic mass is 9.97. The van der Waals surface area contributed by atoms with Gasteiger partial charge >= 0.3 is 12.0 Å². The Morgan fingerprint density at radius 1 is 1.20 bits per heavy atom. The predicted molar refractivity (Wildman–Crippen MR) is 78.2 cm³/mol. The van der Waals surface area contributed by atoms with Crippen molar-refractivity contribution in [1.29, 1.82) is 0 Å². The van der Waals surface area contributed by atoms with Gasteiger partial charge in [-0.3, -0.25) is 0 Å². The summed E-state index contributed by atoms with van der Waals surface area (Å²) in [7, 11) is 0. The second kappa shape index (κ2) is 8.61. The molecule has 1 unspecified atom stereocenters. The molecule has 0 saturated carbocycles. The van der Waals surface area contributed by atoms with Crippen molar-refractivity contribution in [3.8, 4) is 0 Å². The molecule has 0 bridgehead atoms. The minimum atomic E-state index is -0.337. The van der Waals surface area contributed by atoms with Crippen LogP contribution in [0.25, 0.3) is 0 Å². The van der Waals surface area contributed by atoms with E-state index in [0.29, 0.717) is 17.9 Å². The average molecular weight is 282 g/mol. The first-order chi connectivity index (χ1) is 9.60. The molecule has 0 fully saturated rings. The van der Waals surface area contributed by atoms with Crippen LogP contribution in [-0.4, -0.2) is 24.6 Å². The molecule has 5 nitrogen and oxygen atoms in total. The summed E-state index contributed by atoms with van der Waals surface area (Å²) >= 11 is 0. The van der Waals surface area contributed by atoms with E-state index in [1.165, 1.54) is 19.3 Å². The quantitative estimate of drug-likeness (QED) is 0.531. The van der Waals surface area contributed by atoms with Crippen LogP contribution in [0, 0.1) is 0 Å². The number of hydrogen-bond donors (Lipinski definition) is 2. The van der Waals surface area contributed by atoms with Gasteiger partial charge in [-0.05, 0) is 20.3 Å². The zero-order chi connectivity index (χ0) is 15.0. The van der Waals surface area contributed by atoms with Gasteiger partial charge in [0.05, 0.1) is 18.2 Å². The molecule has 5 heteroatoms. The van der Waals surface area contributed by atoms with Gasteiger partial charge in [-0.25, -0.2) is 9.59 Å². The lowest BCUT2D eigenvalue weighted by Gasteiger charge is -2.27. The Labute approximate surface area is 121 Å². The van der Waals surface area contributed by atoms with Crippen LogP contribution in [0.5, 0.6) is 0 Å². The number of unbranched alkanes of at least 4 members (excludes halogenated alkanes) is 4. The number of carbonyl (C=O) groups excluding carboxylic acids is 2.